The summed E-state index contributed by atoms with van der Waals surface area (Å²) in [5.74, 6) is -7.44. The summed E-state index contributed by atoms with van der Waals surface area (Å²) in [6, 6.07) is 5.58. The van der Waals surface area contributed by atoms with Crippen LogP contribution < -0.4 is 10.5 Å². The molecule has 1 aromatic carbocycles. The van der Waals surface area contributed by atoms with Crippen LogP contribution in [0.4, 0.5) is 27.8 Å². The number of halogens is 5. The van der Waals surface area contributed by atoms with E-state index in [4.69, 9.17) is 0 Å². The number of anilines is 1. The molecular formula is C15H14F5NO2Si. The SMILES string of the molecule is C=C[Si](C=C)(C=C)c1cccc(NC(=O)C(F)(OF)C(F)(F)F)c1. The first-order chi connectivity index (χ1) is 11.1. The molecule has 0 heterocycles. The Balaban J connectivity index is 3.21. The van der Waals surface area contributed by atoms with Crippen LogP contribution in [0.1, 0.15) is 0 Å². The van der Waals surface area contributed by atoms with Crippen molar-refractivity contribution in [3.8, 4) is 0 Å². The number of amides is 1. The zero-order chi connectivity index (χ0) is 18.6. The van der Waals surface area contributed by atoms with Gasteiger partial charge in [0.15, 0.2) is 8.07 Å². The predicted octanol–water partition coefficient (Wildman–Crippen LogP) is 3.59. The number of rotatable bonds is 7. The van der Waals surface area contributed by atoms with Gasteiger partial charge in [0.25, 0.3) is 0 Å². The fourth-order valence-corrected chi connectivity index (χ4v) is 3.89. The van der Waals surface area contributed by atoms with E-state index in [0.29, 0.717) is 5.19 Å². The van der Waals surface area contributed by atoms with E-state index in [0.717, 1.165) is 0 Å². The molecule has 1 amide bonds. The Kier molecular flexibility index (Phi) is 5.85. The van der Waals surface area contributed by atoms with Crippen molar-refractivity contribution in [3.05, 3.63) is 61.1 Å². The highest BCUT2D eigenvalue weighted by molar-refractivity contribution is 7.03. The van der Waals surface area contributed by atoms with Crippen molar-refractivity contribution in [1.82, 2.24) is 0 Å². The van der Waals surface area contributed by atoms with Crippen LogP contribution in [0.3, 0.4) is 0 Å². The maximum atomic E-state index is 13.5. The molecule has 3 nitrogen and oxygen atoms in total. The van der Waals surface area contributed by atoms with Crippen molar-refractivity contribution in [2.75, 3.05) is 5.32 Å². The Hall–Kier alpha value is -2.26. The normalized spacial score (nSPS) is 14.4. The summed E-state index contributed by atoms with van der Waals surface area (Å²) < 4.78 is 62.9. The molecule has 0 spiro atoms. The molecule has 0 saturated heterocycles. The zero-order valence-electron chi connectivity index (χ0n) is 12.4. The van der Waals surface area contributed by atoms with Crippen LogP contribution in [-0.2, 0) is 9.74 Å². The number of nitrogens with one attached hydrogen (secondary N) is 1. The van der Waals surface area contributed by atoms with Gasteiger partial charge in [0, 0.05) is 5.69 Å². The molecule has 0 aliphatic heterocycles. The number of hydrogen-bond acceptors (Lipinski definition) is 2. The Morgan fingerprint density at radius 1 is 1.12 bits per heavy atom. The molecule has 24 heavy (non-hydrogen) atoms. The highest BCUT2D eigenvalue weighted by Crippen LogP contribution is 2.36. The van der Waals surface area contributed by atoms with Gasteiger partial charge in [-0.1, -0.05) is 29.2 Å². The molecule has 1 unspecified atom stereocenters. The lowest BCUT2D eigenvalue weighted by Crippen LogP contribution is -2.52. The Bertz CT molecular complexity index is 640. The summed E-state index contributed by atoms with van der Waals surface area (Å²) in [6.45, 7) is 11.0. The first-order valence-corrected chi connectivity index (χ1v) is 8.71. The average Bonchev–Trinajstić information content (AvgIpc) is 2.55. The topological polar surface area (TPSA) is 38.3 Å². The number of carbonyl (C=O) groups is 1. The average molecular weight is 363 g/mol. The number of benzene rings is 1. The van der Waals surface area contributed by atoms with E-state index in [1.807, 2.05) is 0 Å². The lowest BCUT2D eigenvalue weighted by molar-refractivity contribution is -0.379. The maximum Gasteiger partial charge on any atom is 0.461 e. The summed E-state index contributed by atoms with van der Waals surface area (Å²) in [7, 11) is -2.55. The van der Waals surface area contributed by atoms with E-state index in [2.05, 4.69) is 24.7 Å². The Morgan fingerprint density at radius 2 is 1.67 bits per heavy atom. The minimum Gasteiger partial charge on any atom is -0.321 e. The molecule has 130 valence electrons. The fourth-order valence-electron chi connectivity index (χ4n) is 1.89. The lowest BCUT2D eigenvalue weighted by Gasteiger charge is -2.23. The van der Waals surface area contributed by atoms with Crippen LogP contribution in [0.5, 0.6) is 0 Å². The third-order valence-electron chi connectivity index (χ3n) is 3.40. The number of carbonyl (C=O) groups excluding carboxylic acids is 1. The summed E-state index contributed by atoms with van der Waals surface area (Å²) >= 11 is 0. The van der Waals surface area contributed by atoms with Gasteiger partial charge in [-0.15, -0.1) is 24.7 Å². The van der Waals surface area contributed by atoms with Crippen molar-refractivity contribution >= 4 is 24.9 Å². The van der Waals surface area contributed by atoms with E-state index < -0.39 is 26.0 Å². The molecule has 9 heteroatoms. The van der Waals surface area contributed by atoms with Gasteiger partial charge in [0.1, 0.15) is 0 Å². The molecule has 1 atom stereocenters. The van der Waals surface area contributed by atoms with Crippen molar-refractivity contribution in [3.63, 3.8) is 0 Å². The van der Waals surface area contributed by atoms with Gasteiger partial charge >= 0.3 is 17.9 Å². The van der Waals surface area contributed by atoms with E-state index in [1.165, 1.54) is 18.2 Å². The van der Waals surface area contributed by atoms with Crippen molar-refractivity contribution in [2.45, 2.75) is 12.0 Å². The Labute approximate surface area is 136 Å². The number of hydrogen-bond donors (Lipinski definition) is 1. The van der Waals surface area contributed by atoms with Crippen molar-refractivity contribution in [1.29, 1.82) is 0 Å². The van der Waals surface area contributed by atoms with Crippen LogP contribution in [0, 0.1) is 0 Å². The standard InChI is InChI=1S/C15H14F5NO2Si/c1-4-24(5-2,6-3)12-9-7-8-11(10-12)21-13(22)14(16,23-20)15(17,18)19/h4-10H,1-3H2,(H,21,22). The third kappa shape index (κ3) is 3.46. The smallest absolute Gasteiger partial charge is 0.321 e. The van der Waals surface area contributed by atoms with Gasteiger partial charge in [0.05, 0.1) is 0 Å². The van der Waals surface area contributed by atoms with Crippen molar-refractivity contribution in [2.24, 2.45) is 0 Å². The number of alkyl halides is 4. The van der Waals surface area contributed by atoms with E-state index in [9.17, 15) is 26.9 Å². The van der Waals surface area contributed by atoms with Gasteiger partial charge in [-0.2, -0.15) is 17.6 Å². The summed E-state index contributed by atoms with van der Waals surface area (Å²) in [4.78, 5) is 13.7. The fraction of sp³-hybridized carbons (Fsp3) is 0.133. The van der Waals surface area contributed by atoms with E-state index >= 15 is 0 Å². The lowest BCUT2D eigenvalue weighted by atomic mass is 10.2. The second-order valence-corrected chi connectivity index (χ2v) is 8.42. The van der Waals surface area contributed by atoms with Gasteiger partial charge in [-0.25, -0.2) is 0 Å². The van der Waals surface area contributed by atoms with Crippen LogP contribution in [0.2, 0.25) is 0 Å². The minimum atomic E-state index is -5.88. The first kappa shape index (κ1) is 19.8. The monoisotopic (exact) mass is 363 g/mol. The highest BCUT2D eigenvalue weighted by atomic mass is 28.3. The van der Waals surface area contributed by atoms with E-state index in [1.54, 1.807) is 28.5 Å². The molecule has 0 aliphatic rings. The first-order valence-electron chi connectivity index (χ1n) is 6.48. The molecule has 0 radical (unpaired) electrons. The highest BCUT2D eigenvalue weighted by Gasteiger charge is 2.65. The molecule has 1 aromatic rings. The zero-order valence-corrected chi connectivity index (χ0v) is 13.4. The molecule has 0 aromatic heterocycles. The summed E-state index contributed by atoms with van der Waals surface area (Å²) in [5.41, 5.74) is 4.64. The van der Waals surface area contributed by atoms with Crippen LogP contribution in [0.25, 0.3) is 0 Å². The predicted molar refractivity (Wildman–Crippen MR) is 83.1 cm³/mol. The van der Waals surface area contributed by atoms with Crippen molar-refractivity contribution < 1.29 is 31.8 Å². The molecule has 0 fully saturated rings. The second-order valence-electron chi connectivity index (χ2n) is 4.75. The van der Waals surface area contributed by atoms with Crippen LogP contribution in [-0.4, -0.2) is 26.0 Å². The molecule has 1 rings (SSSR count). The largest absolute Gasteiger partial charge is 0.461 e. The van der Waals surface area contributed by atoms with Gasteiger partial charge in [-0.3, -0.25) is 4.79 Å². The molecule has 0 aliphatic carbocycles. The summed E-state index contributed by atoms with van der Waals surface area (Å²) in [5, 5.41) is 2.23. The molecule has 1 N–H and O–H groups in total. The van der Waals surface area contributed by atoms with Crippen LogP contribution >= 0.6 is 0 Å². The maximum absolute atomic E-state index is 13.5. The quantitative estimate of drug-likeness (QED) is 0.594. The van der Waals surface area contributed by atoms with Gasteiger partial charge < -0.3 is 5.32 Å². The Morgan fingerprint density at radius 3 is 2.08 bits per heavy atom. The second kappa shape index (κ2) is 7.10. The van der Waals surface area contributed by atoms with E-state index in [-0.39, 0.29) is 5.69 Å². The molecular weight excluding hydrogens is 349 g/mol. The summed E-state index contributed by atoms with van der Waals surface area (Å²) in [6.07, 6.45) is -5.88. The third-order valence-corrected chi connectivity index (χ3v) is 6.73. The van der Waals surface area contributed by atoms with Gasteiger partial charge in [0.2, 0.25) is 0 Å². The van der Waals surface area contributed by atoms with Crippen LogP contribution in [0.15, 0.2) is 61.1 Å². The molecule has 0 bridgehead atoms. The van der Waals surface area contributed by atoms with Gasteiger partial charge in [-0.05, 0) is 21.8 Å². The molecule has 0 saturated carbocycles. The minimum absolute atomic E-state index is 0.178.